The number of hydrogen-bond acceptors (Lipinski definition) is 3. The van der Waals surface area contributed by atoms with Gasteiger partial charge in [-0.15, -0.1) is 11.3 Å². The Balaban J connectivity index is 1.66. The number of thiophene rings is 1. The van der Waals surface area contributed by atoms with Crippen LogP contribution >= 0.6 is 34.5 Å². The summed E-state index contributed by atoms with van der Waals surface area (Å²) in [6, 6.07) is 5.35. The second-order valence-electron chi connectivity index (χ2n) is 8.23. The van der Waals surface area contributed by atoms with Crippen molar-refractivity contribution in [2.45, 2.75) is 46.2 Å². The lowest BCUT2D eigenvalue weighted by molar-refractivity contribution is 0.0935. The molecule has 2 N–H and O–H groups in total. The van der Waals surface area contributed by atoms with Crippen molar-refractivity contribution in [2.24, 2.45) is 11.3 Å². The lowest BCUT2D eigenvalue weighted by atomic mass is 9.72. The predicted octanol–water partition coefficient (Wildman–Crippen LogP) is 6.06. The van der Waals surface area contributed by atoms with E-state index in [1.54, 1.807) is 23.5 Å². The molecule has 0 fully saturated rings. The minimum absolute atomic E-state index is 0.0125. The van der Waals surface area contributed by atoms with Gasteiger partial charge < -0.3 is 10.6 Å². The molecule has 138 valence electrons. The van der Waals surface area contributed by atoms with Crippen molar-refractivity contribution in [1.29, 1.82) is 0 Å². The minimum atomic E-state index is -0.335. The molecule has 2 atom stereocenters. The van der Waals surface area contributed by atoms with E-state index in [2.05, 4.69) is 31.4 Å². The second-order valence-corrected chi connectivity index (χ2v) is 10.2. The topological polar surface area (TPSA) is 41.1 Å². The molecule has 2 heterocycles. The molecule has 0 spiro atoms. The number of amides is 1. The van der Waals surface area contributed by atoms with Gasteiger partial charge in [0.25, 0.3) is 5.91 Å². The summed E-state index contributed by atoms with van der Waals surface area (Å²) in [5.74, 6) is 0.640. The van der Waals surface area contributed by atoms with Gasteiger partial charge in [0.1, 0.15) is 11.2 Å². The van der Waals surface area contributed by atoms with E-state index in [9.17, 15) is 4.79 Å². The third-order valence-corrected chi connectivity index (χ3v) is 7.29. The van der Waals surface area contributed by atoms with E-state index in [-0.39, 0.29) is 17.5 Å². The Morgan fingerprint density at radius 3 is 2.65 bits per heavy atom. The molecule has 3 nitrogen and oxygen atoms in total. The molecule has 2 aromatic rings. The van der Waals surface area contributed by atoms with Crippen LogP contribution in [0.1, 0.15) is 59.7 Å². The Kier molecular flexibility index (Phi) is 4.49. The van der Waals surface area contributed by atoms with Crippen molar-refractivity contribution in [3.63, 3.8) is 0 Å². The van der Waals surface area contributed by atoms with Crippen LogP contribution in [0, 0.1) is 11.3 Å². The van der Waals surface area contributed by atoms with E-state index in [0.29, 0.717) is 16.0 Å². The predicted molar refractivity (Wildman–Crippen MR) is 110 cm³/mol. The average Bonchev–Trinajstić information content (AvgIpc) is 2.91. The number of nitrogens with one attached hydrogen (secondary N) is 2. The van der Waals surface area contributed by atoms with E-state index in [0.717, 1.165) is 35.4 Å². The smallest absolute Gasteiger partial charge is 0.256 e. The Morgan fingerprint density at radius 1 is 1.19 bits per heavy atom. The summed E-state index contributed by atoms with van der Waals surface area (Å²) in [6.07, 6.45) is 2.83. The van der Waals surface area contributed by atoms with Crippen molar-refractivity contribution in [3.05, 3.63) is 49.8 Å². The van der Waals surface area contributed by atoms with E-state index in [4.69, 9.17) is 23.2 Å². The number of hydrogen-bond donors (Lipinski definition) is 2. The SMILES string of the molecule is CC(C)(C)[C@H]1CCc2c(sc3c2C(=O)N[C@@H](c2ccc(Cl)cc2Cl)N3)C1. The fraction of sp³-hybridized carbons (Fsp3) is 0.450. The number of benzene rings is 1. The van der Waals surface area contributed by atoms with Crippen LogP contribution in [0.25, 0.3) is 0 Å². The lowest BCUT2D eigenvalue weighted by Gasteiger charge is -2.34. The zero-order valence-corrected chi connectivity index (χ0v) is 17.4. The molecule has 1 aliphatic carbocycles. The van der Waals surface area contributed by atoms with E-state index >= 15 is 0 Å². The summed E-state index contributed by atoms with van der Waals surface area (Å²) in [4.78, 5) is 14.2. The van der Waals surface area contributed by atoms with Crippen LogP contribution in [-0.2, 0) is 12.8 Å². The van der Waals surface area contributed by atoms with E-state index < -0.39 is 0 Å². The van der Waals surface area contributed by atoms with Gasteiger partial charge in [-0.05, 0) is 48.3 Å². The molecule has 1 amide bonds. The summed E-state index contributed by atoms with van der Waals surface area (Å²) in [5, 5.41) is 8.63. The maximum absolute atomic E-state index is 12.8. The number of anilines is 1. The molecule has 6 heteroatoms. The number of rotatable bonds is 1. The van der Waals surface area contributed by atoms with Gasteiger partial charge in [-0.1, -0.05) is 50.0 Å². The third kappa shape index (κ3) is 3.12. The van der Waals surface area contributed by atoms with E-state index in [1.165, 1.54) is 10.4 Å². The van der Waals surface area contributed by atoms with Crippen LogP contribution in [0.2, 0.25) is 10.0 Å². The monoisotopic (exact) mass is 408 g/mol. The second kappa shape index (κ2) is 6.43. The maximum atomic E-state index is 12.8. The molecule has 0 saturated heterocycles. The number of carbonyl (C=O) groups excluding carboxylic acids is 1. The summed E-state index contributed by atoms with van der Waals surface area (Å²) < 4.78 is 0. The Morgan fingerprint density at radius 2 is 1.96 bits per heavy atom. The minimum Gasteiger partial charge on any atom is -0.353 e. The Hall–Kier alpha value is -1.23. The lowest BCUT2D eigenvalue weighted by Crippen LogP contribution is -2.38. The van der Waals surface area contributed by atoms with Crippen LogP contribution in [0.5, 0.6) is 0 Å². The van der Waals surface area contributed by atoms with Crippen molar-refractivity contribution < 1.29 is 4.79 Å². The number of fused-ring (bicyclic) bond motifs is 3. The van der Waals surface area contributed by atoms with Crippen molar-refractivity contribution in [1.82, 2.24) is 5.32 Å². The first-order chi connectivity index (χ1) is 12.2. The normalized spacial score (nSPS) is 22.3. The highest BCUT2D eigenvalue weighted by Gasteiger charge is 2.36. The Bertz CT molecular complexity index is 885. The fourth-order valence-electron chi connectivity index (χ4n) is 3.93. The van der Waals surface area contributed by atoms with Gasteiger partial charge in [0, 0.05) is 20.5 Å². The molecule has 1 aromatic heterocycles. The van der Waals surface area contributed by atoms with Crippen LogP contribution < -0.4 is 10.6 Å². The standard InChI is InChI=1S/C20H22Cl2N2OS/c1-20(2,3)10-4-6-13-15(8-10)26-19-16(13)18(25)23-17(24-19)12-7-5-11(21)9-14(12)22/h5,7,9-10,17,24H,4,6,8H2,1-3H3,(H,23,25)/t10-,17+/m0/s1. The molecule has 0 saturated carbocycles. The van der Waals surface area contributed by atoms with Crippen LogP contribution in [0.3, 0.4) is 0 Å². The van der Waals surface area contributed by atoms with Crippen LogP contribution in [0.15, 0.2) is 18.2 Å². The largest absolute Gasteiger partial charge is 0.353 e. The summed E-state index contributed by atoms with van der Waals surface area (Å²) in [5.41, 5.74) is 3.18. The van der Waals surface area contributed by atoms with Gasteiger partial charge in [-0.25, -0.2) is 0 Å². The third-order valence-electron chi connectivity index (χ3n) is 5.54. The average molecular weight is 409 g/mol. The summed E-state index contributed by atoms with van der Waals surface area (Å²) in [7, 11) is 0. The van der Waals surface area contributed by atoms with Crippen molar-refractivity contribution >= 4 is 45.4 Å². The van der Waals surface area contributed by atoms with Crippen LogP contribution in [-0.4, -0.2) is 5.91 Å². The molecular formula is C20H22Cl2N2OS. The molecule has 1 aliphatic heterocycles. The molecule has 0 bridgehead atoms. The molecule has 1 aromatic carbocycles. The first kappa shape index (κ1) is 18.1. The Labute approximate surface area is 168 Å². The summed E-state index contributed by atoms with van der Waals surface area (Å²) in [6.45, 7) is 6.92. The fourth-order valence-corrected chi connectivity index (χ4v) is 5.80. The molecular weight excluding hydrogens is 387 g/mol. The summed E-state index contributed by atoms with van der Waals surface area (Å²) >= 11 is 14.1. The highest BCUT2D eigenvalue weighted by Crippen LogP contribution is 2.46. The zero-order valence-electron chi connectivity index (χ0n) is 15.1. The van der Waals surface area contributed by atoms with Crippen LogP contribution in [0.4, 0.5) is 5.00 Å². The molecule has 0 unspecified atom stereocenters. The molecule has 0 radical (unpaired) electrons. The molecule has 26 heavy (non-hydrogen) atoms. The highest BCUT2D eigenvalue weighted by molar-refractivity contribution is 7.16. The number of halogens is 2. The van der Waals surface area contributed by atoms with Gasteiger partial charge >= 0.3 is 0 Å². The van der Waals surface area contributed by atoms with Crippen molar-refractivity contribution in [2.75, 3.05) is 5.32 Å². The van der Waals surface area contributed by atoms with E-state index in [1.807, 2.05) is 6.07 Å². The van der Waals surface area contributed by atoms with Gasteiger partial charge in [0.05, 0.1) is 5.56 Å². The molecule has 4 rings (SSSR count). The maximum Gasteiger partial charge on any atom is 0.256 e. The van der Waals surface area contributed by atoms with Gasteiger partial charge in [-0.2, -0.15) is 0 Å². The van der Waals surface area contributed by atoms with Gasteiger partial charge in [-0.3, -0.25) is 4.79 Å². The van der Waals surface area contributed by atoms with Gasteiger partial charge in [0.15, 0.2) is 0 Å². The highest BCUT2D eigenvalue weighted by atomic mass is 35.5. The first-order valence-corrected chi connectivity index (χ1v) is 10.5. The quantitative estimate of drug-likeness (QED) is 0.601. The van der Waals surface area contributed by atoms with Gasteiger partial charge in [0.2, 0.25) is 0 Å². The zero-order chi connectivity index (χ0) is 18.6. The number of carbonyl (C=O) groups is 1. The first-order valence-electron chi connectivity index (χ1n) is 8.91. The molecule has 2 aliphatic rings. The van der Waals surface area contributed by atoms with Crippen molar-refractivity contribution in [3.8, 4) is 0 Å².